The molecule has 1 fully saturated rings. The van der Waals surface area contributed by atoms with Crippen LogP contribution in [0.25, 0.3) is 11.1 Å². The first kappa shape index (κ1) is 20.5. The first-order valence-corrected chi connectivity index (χ1v) is 9.64. The Morgan fingerprint density at radius 2 is 1.94 bits per heavy atom. The van der Waals surface area contributed by atoms with E-state index in [1.54, 1.807) is 37.4 Å². The Bertz CT molecular complexity index is 1190. The fourth-order valence-corrected chi connectivity index (χ4v) is 3.70. The largest absolute Gasteiger partial charge is 0.349 e. The van der Waals surface area contributed by atoms with E-state index >= 15 is 0 Å². The van der Waals surface area contributed by atoms with Gasteiger partial charge in [0.25, 0.3) is 11.8 Å². The van der Waals surface area contributed by atoms with Gasteiger partial charge in [-0.15, -0.1) is 0 Å². The lowest BCUT2D eigenvalue weighted by Crippen LogP contribution is -2.53. The summed E-state index contributed by atoms with van der Waals surface area (Å²) in [6, 6.07) is 11.5. The van der Waals surface area contributed by atoms with Gasteiger partial charge in [-0.1, -0.05) is 29.8 Å². The van der Waals surface area contributed by atoms with Crippen LogP contribution in [0.3, 0.4) is 0 Å². The summed E-state index contributed by atoms with van der Waals surface area (Å²) in [7, 11) is 1.61. The fourth-order valence-electron chi connectivity index (χ4n) is 3.57. The van der Waals surface area contributed by atoms with Crippen LogP contribution in [0.2, 0.25) is 5.02 Å². The molecule has 1 atom stereocenters. The Morgan fingerprint density at radius 3 is 2.55 bits per heavy atom. The predicted octanol–water partition coefficient (Wildman–Crippen LogP) is 2.34. The van der Waals surface area contributed by atoms with E-state index in [0.717, 1.165) is 6.07 Å². The summed E-state index contributed by atoms with van der Waals surface area (Å²) in [4.78, 5) is 37.5. The maximum absolute atomic E-state index is 14.0. The summed E-state index contributed by atoms with van der Waals surface area (Å²) in [6.07, 6.45) is 1.47. The van der Waals surface area contributed by atoms with Gasteiger partial charge >= 0.3 is 6.03 Å². The molecule has 0 aliphatic carbocycles. The number of hydrogen-bond acceptors (Lipinski definition) is 4. The van der Waals surface area contributed by atoms with E-state index in [0.29, 0.717) is 21.8 Å². The standard InChI is InChI=1S/C21H17ClFN5O3/c1-28-17(8-9-25-28)21(19(30)26-20(31)27-21)11-24-18(29)16-10-14(23)6-7-15(16)12-2-4-13(22)5-3-12/h2-10H,11H2,1H3,(H,24,29)(H2,26,27,30,31). The number of benzene rings is 2. The van der Waals surface area contributed by atoms with Crippen molar-refractivity contribution >= 4 is 29.4 Å². The Morgan fingerprint density at radius 1 is 1.19 bits per heavy atom. The van der Waals surface area contributed by atoms with Crippen molar-refractivity contribution in [2.24, 2.45) is 7.05 Å². The van der Waals surface area contributed by atoms with Gasteiger partial charge in [0.15, 0.2) is 5.54 Å². The molecule has 0 bridgehead atoms. The second kappa shape index (κ2) is 7.84. The molecule has 0 radical (unpaired) electrons. The highest BCUT2D eigenvalue weighted by Crippen LogP contribution is 2.27. The molecule has 1 aromatic heterocycles. The van der Waals surface area contributed by atoms with Crippen molar-refractivity contribution in [2.75, 3.05) is 6.54 Å². The molecule has 8 nitrogen and oxygen atoms in total. The lowest BCUT2D eigenvalue weighted by Gasteiger charge is -2.26. The highest BCUT2D eigenvalue weighted by atomic mass is 35.5. The number of carbonyl (C=O) groups is 3. The fraction of sp³-hybridized carbons (Fsp3) is 0.143. The highest BCUT2D eigenvalue weighted by molar-refractivity contribution is 6.30. The van der Waals surface area contributed by atoms with Crippen LogP contribution >= 0.6 is 11.6 Å². The molecule has 4 amide bonds. The molecule has 1 aliphatic heterocycles. The van der Waals surface area contributed by atoms with Gasteiger partial charge in [-0.25, -0.2) is 9.18 Å². The van der Waals surface area contributed by atoms with Crippen molar-refractivity contribution in [3.8, 4) is 11.1 Å². The van der Waals surface area contributed by atoms with Gasteiger partial charge in [-0.3, -0.25) is 19.6 Å². The molecule has 4 rings (SSSR count). The molecule has 31 heavy (non-hydrogen) atoms. The van der Waals surface area contributed by atoms with Crippen molar-refractivity contribution in [1.82, 2.24) is 25.7 Å². The molecule has 0 spiro atoms. The molecule has 3 N–H and O–H groups in total. The first-order chi connectivity index (χ1) is 14.8. The number of carbonyl (C=O) groups excluding carboxylic acids is 3. The molecule has 1 saturated heterocycles. The van der Waals surface area contributed by atoms with E-state index < -0.39 is 29.2 Å². The van der Waals surface area contributed by atoms with Crippen molar-refractivity contribution in [3.05, 3.63) is 76.8 Å². The lowest BCUT2D eigenvalue weighted by molar-refractivity contribution is -0.124. The lowest BCUT2D eigenvalue weighted by atomic mass is 9.94. The molecule has 158 valence electrons. The number of nitrogens with zero attached hydrogens (tertiary/aromatic N) is 2. The number of imide groups is 1. The van der Waals surface area contributed by atoms with Gasteiger partial charge in [0.1, 0.15) is 5.82 Å². The van der Waals surface area contributed by atoms with Gasteiger partial charge < -0.3 is 10.6 Å². The summed E-state index contributed by atoms with van der Waals surface area (Å²) in [5, 5.41) is 12.0. The predicted molar refractivity (Wildman–Crippen MR) is 111 cm³/mol. The molecule has 10 heteroatoms. The number of aryl methyl sites for hydroxylation is 1. The minimum Gasteiger partial charge on any atom is -0.349 e. The third-order valence-electron chi connectivity index (χ3n) is 5.10. The number of rotatable bonds is 5. The van der Waals surface area contributed by atoms with Gasteiger partial charge in [0.2, 0.25) is 0 Å². The van der Waals surface area contributed by atoms with Gasteiger partial charge in [0, 0.05) is 18.3 Å². The zero-order valence-corrected chi connectivity index (χ0v) is 17.0. The van der Waals surface area contributed by atoms with E-state index in [1.807, 2.05) is 0 Å². The summed E-state index contributed by atoms with van der Waals surface area (Å²) in [5.74, 6) is -1.82. The Labute approximate surface area is 181 Å². The third-order valence-corrected chi connectivity index (χ3v) is 5.35. The molecule has 2 aromatic carbocycles. The van der Waals surface area contributed by atoms with Crippen LogP contribution < -0.4 is 16.0 Å². The minimum atomic E-state index is -1.55. The first-order valence-electron chi connectivity index (χ1n) is 9.26. The Balaban J connectivity index is 1.66. The average molecular weight is 442 g/mol. The van der Waals surface area contributed by atoms with Crippen LogP contribution in [0, 0.1) is 5.82 Å². The van der Waals surface area contributed by atoms with Gasteiger partial charge in [-0.05, 0) is 41.5 Å². The minimum absolute atomic E-state index is 0.0761. The summed E-state index contributed by atoms with van der Waals surface area (Å²) in [5.41, 5.74) is 0.0690. The van der Waals surface area contributed by atoms with E-state index in [2.05, 4.69) is 21.0 Å². The van der Waals surface area contributed by atoms with Crippen LogP contribution in [-0.4, -0.2) is 34.2 Å². The van der Waals surface area contributed by atoms with Gasteiger partial charge in [-0.2, -0.15) is 5.10 Å². The van der Waals surface area contributed by atoms with E-state index in [9.17, 15) is 18.8 Å². The van der Waals surface area contributed by atoms with E-state index in [4.69, 9.17) is 11.6 Å². The van der Waals surface area contributed by atoms with Gasteiger partial charge in [0.05, 0.1) is 17.8 Å². The maximum atomic E-state index is 14.0. The number of amides is 4. The molecular formula is C21H17ClFN5O3. The zero-order valence-electron chi connectivity index (χ0n) is 16.3. The summed E-state index contributed by atoms with van der Waals surface area (Å²) in [6.45, 7) is -0.264. The molecule has 1 aliphatic rings. The number of hydrogen-bond donors (Lipinski definition) is 3. The normalized spacial score (nSPS) is 17.9. The smallest absolute Gasteiger partial charge is 0.322 e. The topological polar surface area (TPSA) is 105 Å². The number of urea groups is 1. The second-order valence-corrected chi connectivity index (χ2v) is 7.47. The second-order valence-electron chi connectivity index (χ2n) is 7.03. The van der Waals surface area contributed by atoms with Crippen LogP contribution in [-0.2, 0) is 17.4 Å². The molecule has 1 unspecified atom stereocenters. The molecular weight excluding hydrogens is 425 g/mol. The van der Waals surface area contributed by atoms with Crippen molar-refractivity contribution < 1.29 is 18.8 Å². The SMILES string of the molecule is Cn1nccc1C1(CNC(=O)c2cc(F)ccc2-c2ccc(Cl)cc2)NC(=O)NC1=O. The number of nitrogens with one attached hydrogen (secondary N) is 3. The van der Waals surface area contributed by atoms with E-state index in [-0.39, 0.29) is 12.1 Å². The summed E-state index contributed by atoms with van der Waals surface area (Å²) < 4.78 is 15.4. The van der Waals surface area contributed by atoms with Crippen LogP contribution in [0.4, 0.5) is 9.18 Å². The third kappa shape index (κ3) is 3.75. The van der Waals surface area contributed by atoms with Crippen LogP contribution in [0.5, 0.6) is 0 Å². The molecule has 0 saturated carbocycles. The maximum Gasteiger partial charge on any atom is 0.322 e. The van der Waals surface area contributed by atoms with Crippen molar-refractivity contribution in [1.29, 1.82) is 0 Å². The monoisotopic (exact) mass is 441 g/mol. The van der Waals surface area contributed by atoms with Crippen molar-refractivity contribution in [3.63, 3.8) is 0 Å². The van der Waals surface area contributed by atoms with E-state index in [1.165, 1.54) is 23.0 Å². The molecule has 2 heterocycles. The number of aromatic nitrogens is 2. The zero-order chi connectivity index (χ0) is 22.2. The number of halogens is 2. The Kier molecular flexibility index (Phi) is 5.20. The average Bonchev–Trinajstić information content (AvgIpc) is 3.29. The van der Waals surface area contributed by atoms with Crippen LogP contribution in [0.15, 0.2) is 54.7 Å². The molecule has 3 aromatic rings. The quantitative estimate of drug-likeness (QED) is 0.528. The Hall–Kier alpha value is -3.72. The summed E-state index contributed by atoms with van der Waals surface area (Å²) >= 11 is 5.93. The van der Waals surface area contributed by atoms with Crippen molar-refractivity contribution in [2.45, 2.75) is 5.54 Å². The highest BCUT2D eigenvalue weighted by Gasteiger charge is 2.49. The van der Waals surface area contributed by atoms with Crippen LogP contribution in [0.1, 0.15) is 16.1 Å².